The van der Waals surface area contributed by atoms with Crippen molar-refractivity contribution >= 4 is 35.2 Å². The Morgan fingerprint density at radius 2 is 1.79 bits per heavy atom. The number of thioether (sulfide) groups is 1. The van der Waals surface area contributed by atoms with E-state index in [4.69, 9.17) is 11.6 Å². The van der Waals surface area contributed by atoms with Crippen molar-refractivity contribution in [2.45, 2.75) is 38.3 Å². The molecule has 1 N–H and O–H groups in total. The summed E-state index contributed by atoms with van der Waals surface area (Å²) < 4.78 is 0. The smallest absolute Gasteiger partial charge is 0.242 e. The second-order valence-electron chi connectivity index (χ2n) is 7.07. The van der Waals surface area contributed by atoms with Gasteiger partial charge in [0.05, 0.1) is 5.75 Å². The molecule has 0 aliphatic rings. The molecule has 0 saturated carbocycles. The van der Waals surface area contributed by atoms with E-state index in [1.54, 1.807) is 17.9 Å². The lowest BCUT2D eigenvalue weighted by molar-refractivity contribution is -0.138. The molecule has 2 amide bonds. The maximum Gasteiger partial charge on any atom is 0.242 e. The molecular weight excluding hydrogens is 392 g/mol. The summed E-state index contributed by atoms with van der Waals surface area (Å²) in [5, 5.41) is 3.53. The van der Waals surface area contributed by atoms with Gasteiger partial charge in [0.1, 0.15) is 6.04 Å². The zero-order valence-corrected chi connectivity index (χ0v) is 18.1. The van der Waals surface area contributed by atoms with Gasteiger partial charge in [0.25, 0.3) is 0 Å². The van der Waals surface area contributed by atoms with Crippen LogP contribution in [0.3, 0.4) is 0 Å². The summed E-state index contributed by atoms with van der Waals surface area (Å²) in [5.74, 6) is 0.392. The van der Waals surface area contributed by atoms with Gasteiger partial charge in [0.15, 0.2) is 0 Å². The normalized spacial score (nSPS) is 11.9. The zero-order valence-electron chi connectivity index (χ0n) is 16.5. The van der Waals surface area contributed by atoms with Crippen molar-refractivity contribution in [3.8, 4) is 0 Å². The van der Waals surface area contributed by atoms with Crippen molar-refractivity contribution in [2.24, 2.45) is 5.92 Å². The summed E-state index contributed by atoms with van der Waals surface area (Å²) in [7, 11) is 0. The number of nitrogens with zero attached hydrogens (tertiary/aromatic N) is 1. The molecule has 0 fully saturated rings. The van der Waals surface area contributed by atoms with Gasteiger partial charge in [-0.2, -0.15) is 0 Å². The fourth-order valence-electron chi connectivity index (χ4n) is 2.61. The number of amides is 2. The van der Waals surface area contributed by atoms with Gasteiger partial charge in [-0.3, -0.25) is 9.59 Å². The van der Waals surface area contributed by atoms with Crippen molar-refractivity contribution in [1.82, 2.24) is 10.2 Å². The molecule has 0 unspecified atom stereocenters. The number of halogens is 1. The molecule has 150 valence electrons. The van der Waals surface area contributed by atoms with E-state index in [2.05, 4.69) is 5.32 Å². The number of hydrogen-bond donors (Lipinski definition) is 1. The Kier molecular flexibility index (Phi) is 8.87. The minimum absolute atomic E-state index is 0.0824. The van der Waals surface area contributed by atoms with E-state index in [9.17, 15) is 9.59 Å². The molecule has 0 heterocycles. The van der Waals surface area contributed by atoms with Gasteiger partial charge in [0, 0.05) is 23.0 Å². The van der Waals surface area contributed by atoms with E-state index in [-0.39, 0.29) is 17.6 Å². The summed E-state index contributed by atoms with van der Waals surface area (Å²) >= 11 is 7.56. The molecule has 6 heteroatoms. The van der Waals surface area contributed by atoms with Crippen LogP contribution in [0.5, 0.6) is 0 Å². The zero-order chi connectivity index (χ0) is 20.5. The van der Waals surface area contributed by atoms with Crippen LogP contribution in [-0.2, 0) is 16.1 Å². The monoisotopic (exact) mass is 418 g/mol. The highest BCUT2D eigenvalue weighted by Crippen LogP contribution is 2.20. The Balaban J connectivity index is 2.11. The quantitative estimate of drug-likeness (QED) is 0.604. The van der Waals surface area contributed by atoms with Crippen molar-refractivity contribution in [2.75, 3.05) is 12.3 Å². The summed E-state index contributed by atoms with van der Waals surface area (Å²) in [6, 6.07) is 16.6. The molecule has 0 aromatic heterocycles. The van der Waals surface area contributed by atoms with Gasteiger partial charge in [0.2, 0.25) is 11.8 Å². The van der Waals surface area contributed by atoms with Crippen LogP contribution >= 0.6 is 23.4 Å². The van der Waals surface area contributed by atoms with E-state index >= 15 is 0 Å². The summed E-state index contributed by atoms with van der Waals surface area (Å²) in [5.41, 5.74) is 0.897. The molecule has 2 aromatic rings. The van der Waals surface area contributed by atoms with Crippen LogP contribution in [0.1, 0.15) is 26.3 Å². The lowest BCUT2D eigenvalue weighted by Crippen LogP contribution is -2.48. The minimum atomic E-state index is -0.568. The van der Waals surface area contributed by atoms with E-state index in [1.165, 1.54) is 11.8 Å². The van der Waals surface area contributed by atoms with E-state index in [0.717, 1.165) is 10.5 Å². The molecule has 4 nitrogen and oxygen atoms in total. The van der Waals surface area contributed by atoms with Gasteiger partial charge in [-0.1, -0.05) is 55.8 Å². The summed E-state index contributed by atoms with van der Waals surface area (Å²) in [6.45, 7) is 6.77. The number of carbonyl (C=O) groups is 2. The number of benzene rings is 2. The molecule has 2 aromatic carbocycles. The van der Waals surface area contributed by atoms with Crippen molar-refractivity contribution in [3.05, 3.63) is 65.2 Å². The Labute approximate surface area is 176 Å². The van der Waals surface area contributed by atoms with Gasteiger partial charge in [-0.05, 0) is 42.7 Å². The predicted octanol–water partition coefficient (Wildman–Crippen LogP) is 4.62. The van der Waals surface area contributed by atoms with Crippen LogP contribution in [0.2, 0.25) is 5.02 Å². The molecule has 0 spiro atoms. The molecule has 0 aliphatic heterocycles. The van der Waals surface area contributed by atoms with Gasteiger partial charge < -0.3 is 10.2 Å². The number of rotatable bonds is 9. The first-order valence-corrected chi connectivity index (χ1v) is 10.7. The molecule has 1 atom stereocenters. The third-order valence-electron chi connectivity index (χ3n) is 4.20. The van der Waals surface area contributed by atoms with E-state index in [1.807, 2.05) is 62.4 Å². The fraction of sp³-hybridized carbons (Fsp3) is 0.364. The second-order valence-corrected chi connectivity index (χ2v) is 8.55. The maximum absolute atomic E-state index is 13.0. The number of carbonyl (C=O) groups excluding carboxylic acids is 2. The highest BCUT2D eigenvalue weighted by molar-refractivity contribution is 8.00. The van der Waals surface area contributed by atoms with Crippen LogP contribution in [0.4, 0.5) is 0 Å². The molecule has 0 bridgehead atoms. The van der Waals surface area contributed by atoms with Crippen LogP contribution in [0.15, 0.2) is 59.5 Å². The molecular formula is C22H27ClN2O2S. The first-order chi connectivity index (χ1) is 13.4. The molecule has 0 aliphatic carbocycles. The van der Waals surface area contributed by atoms with Crippen LogP contribution < -0.4 is 5.32 Å². The third kappa shape index (κ3) is 7.21. The summed E-state index contributed by atoms with van der Waals surface area (Å²) in [4.78, 5) is 28.2. The topological polar surface area (TPSA) is 49.4 Å². The van der Waals surface area contributed by atoms with E-state index < -0.39 is 6.04 Å². The SMILES string of the molecule is CC(C)CNC(=O)[C@H](C)N(Cc1cccc(Cl)c1)C(=O)CSc1ccccc1. The Hall–Kier alpha value is -1.98. The molecule has 0 radical (unpaired) electrons. The van der Waals surface area contributed by atoms with Crippen LogP contribution in [0, 0.1) is 5.92 Å². The number of nitrogens with one attached hydrogen (secondary N) is 1. The van der Waals surface area contributed by atoms with Crippen LogP contribution in [-0.4, -0.2) is 35.1 Å². The van der Waals surface area contributed by atoms with E-state index in [0.29, 0.717) is 24.0 Å². The van der Waals surface area contributed by atoms with Gasteiger partial charge in [-0.15, -0.1) is 11.8 Å². The summed E-state index contributed by atoms with van der Waals surface area (Å²) in [6.07, 6.45) is 0. The Bertz CT molecular complexity index is 783. The second kappa shape index (κ2) is 11.1. The maximum atomic E-state index is 13.0. The molecule has 2 rings (SSSR count). The first kappa shape index (κ1) is 22.3. The Morgan fingerprint density at radius 3 is 2.43 bits per heavy atom. The molecule has 28 heavy (non-hydrogen) atoms. The predicted molar refractivity (Wildman–Crippen MR) is 116 cm³/mol. The third-order valence-corrected chi connectivity index (χ3v) is 5.43. The molecule has 0 saturated heterocycles. The standard InChI is InChI=1S/C22H27ClN2O2S/c1-16(2)13-24-22(27)17(3)25(14-18-8-7-9-19(23)12-18)21(26)15-28-20-10-5-4-6-11-20/h4-12,16-17H,13-15H2,1-3H3,(H,24,27)/t17-/m0/s1. The van der Waals surface area contributed by atoms with Gasteiger partial charge >= 0.3 is 0 Å². The lowest BCUT2D eigenvalue weighted by Gasteiger charge is -2.29. The largest absolute Gasteiger partial charge is 0.354 e. The fourth-order valence-corrected chi connectivity index (χ4v) is 3.63. The lowest BCUT2D eigenvalue weighted by atomic mass is 10.1. The van der Waals surface area contributed by atoms with Crippen LogP contribution in [0.25, 0.3) is 0 Å². The minimum Gasteiger partial charge on any atom is -0.354 e. The number of hydrogen-bond acceptors (Lipinski definition) is 3. The average molecular weight is 419 g/mol. The van der Waals surface area contributed by atoms with Gasteiger partial charge in [-0.25, -0.2) is 0 Å². The van der Waals surface area contributed by atoms with Crippen molar-refractivity contribution in [3.63, 3.8) is 0 Å². The van der Waals surface area contributed by atoms with Crippen molar-refractivity contribution < 1.29 is 9.59 Å². The van der Waals surface area contributed by atoms with Crippen molar-refractivity contribution in [1.29, 1.82) is 0 Å². The average Bonchev–Trinajstić information content (AvgIpc) is 2.68. The first-order valence-electron chi connectivity index (χ1n) is 9.36. The Morgan fingerprint density at radius 1 is 1.07 bits per heavy atom. The highest BCUT2D eigenvalue weighted by Gasteiger charge is 2.26. The highest BCUT2D eigenvalue weighted by atomic mass is 35.5.